The van der Waals surface area contributed by atoms with Gasteiger partial charge in [0.25, 0.3) is 5.91 Å². The fraction of sp³-hybridized carbons (Fsp3) is 0.286. The summed E-state index contributed by atoms with van der Waals surface area (Å²) in [6.07, 6.45) is -3.64. The van der Waals surface area contributed by atoms with Gasteiger partial charge in [0.15, 0.2) is 5.76 Å². The minimum atomic E-state index is -4.44. The highest BCUT2D eigenvalue weighted by molar-refractivity contribution is 5.95. The van der Waals surface area contributed by atoms with E-state index in [0.29, 0.717) is 48.5 Å². The van der Waals surface area contributed by atoms with Crippen molar-refractivity contribution in [2.45, 2.75) is 6.18 Å². The van der Waals surface area contributed by atoms with E-state index >= 15 is 0 Å². The Labute approximate surface area is 174 Å². The number of amides is 1. The maximum absolute atomic E-state index is 12.9. The maximum Gasteiger partial charge on any atom is 0.417 e. The van der Waals surface area contributed by atoms with Crippen LogP contribution in [0.2, 0.25) is 0 Å². The molecular formula is C21H18F3N3O4. The lowest BCUT2D eigenvalue weighted by atomic mass is 10.1. The van der Waals surface area contributed by atoms with Gasteiger partial charge in [-0.1, -0.05) is 0 Å². The zero-order valence-electron chi connectivity index (χ0n) is 16.5. The number of nitrogens with zero attached hydrogens (tertiary/aromatic N) is 3. The lowest BCUT2D eigenvalue weighted by Crippen LogP contribution is -2.49. The number of methoxy groups -OCH3 is 1. The zero-order valence-corrected chi connectivity index (χ0v) is 16.5. The molecule has 0 saturated carbocycles. The summed E-state index contributed by atoms with van der Waals surface area (Å²) >= 11 is 0. The van der Waals surface area contributed by atoms with E-state index in [0.717, 1.165) is 12.3 Å². The van der Waals surface area contributed by atoms with Crippen LogP contribution in [0.1, 0.15) is 16.1 Å². The number of pyridine rings is 1. The summed E-state index contributed by atoms with van der Waals surface area (Å²) in [5.74, 6) is 0.451. The number of ether oxygens (including phenoxy) is 1. The van der Waals surface area contributed by atoms with Crippen LogP contribution >= 0.6 is 0 Å². The molecule has 0 unspecified atom stereocenters. The molecule has 0 aliphatic carbocycles. The number of rotatable bonds is 3. The van der Waals surface area contributed by atoms with Gasteiger partial charge in [-0.15, -0.1) is 0 Å². The fourth-order valence-corrected chi connectivity index (χ4v) is 3.44. The third kappa shape index (κ3) is 4.18. The second-order valence-electron chi connectivity index (χ2n) is 7.03. The van der Waals surface area contributed by atoms with Crippen molar-refractivity contribution in [1.82, 2.24) is 9.88 Å². The second-order valence-corrected chi connectivity index (χ2v) is 7.03. The highest BCUT2D eigenvalue weighted by atomic mass is 19.4. The Bertz CT molecular complexity index is 1170. The maximum atomic E-state index is 12.9. The minimum Gasteiger partial charge on any atom is -0.497 e. The Hall–Kier alpha value is -3.56. The van der Waals surface area contributed by atoms with Gasteiger partial charge in [-0.05, 0) is 41.8 Å². The highest BCUT2D eigenvalue weighted by Crippen LogP contribution is 2.29. The number of aromatic nitrogens is 1. The van der Waals surface area contributed by atoms with Crippen molar-refractivity contribution < 1.29 is 27.1 Å². The minimum absolute atomic E-state index is 0.0770. The number of hydrogen-bond donors (Lipinski definition) is 0. The Morgan fingerprint density at radius 1 is 1.10 bits per heavy atom. The second kappa shape index (κ2) is 7.93. The molecule has 31 heavy (non-hydrogen) atoms. The first-order valence-corrected chi connectivity index (χ1v) is 9.45. The molecule has 1 aromatic carbocycles. The first-order chi connectivity index (χ1) is 14.8. The number of carbonyl (C=O) groups is 1. The lowest BCUT2D eigenvalue weighted by molar-refractivity contribution is -0.137. The molecule has 3 aromatic rings. The van der Waals surface area contributed by atoms with E-state index in [4.69, 9.17) is 9.15 Å². The van der Waals surface area contributed by atoms with Gasteiger partial charge in [-0.2, -0.15) is 13.2 Å². The summed E-state index contributed by atoms with van der Waals surface area (Å²) in [7, 11) is 1.50. The van der Waals surface area contributed by atoms with Crippen molar-refractivity contribution >= 4 is 22.5 Å². The molecule has 1 aliphatic heterocycles. The molecule has 7 nitrogen and oxygen atoms in total. The zero-order chi connectivity index (χ0) is 22.2. The van der Waals surface area contributed by atoms with Gasteiger partial charge < -0.3 is 19.0 Å². The van der Waals surface area contributed by atoms with Crippen molar-refractivity contribution in [1.29, 1.82) is 0 Å². The molecule has 0 radical (unpaired) electrons. The molecule has 162 valence electrons. The number of benzene rings is 1. The van der Waals surface area contributed by atoms with Gasteiger partial charge in [0.05, 0.1) is 18.1 Å². The van der Waals surface area contributed by atoms with Crippen molar-refractivity contribution in [3.63, 3.8) is 0 Å². The quantitative estimate of drug-likeness (QED) is 0.632. The van der Waals surface area contributed by atoms with Gasteiger partial charge >= 0.3 is 11.8 Å². The van der Waals surface area contributed by atoms with Crippen molar-refractivity contribution in [2.24, 2.45) is 0 Å². The Morgan fingerprint density at radius 2 is 1.84 bits per heavy atom. The molecule has 2 aromatic heterocycles. The van der Waals surface area contributed by atoms with E-state index in [2.05, 4.69) is 4.98 Å². The van der Waals surface area contributed by atoms with Gasteiger partial charge in [0, 0.05) is 32.4 Å². The number of anilines is 1. The van der Waals surface area contributed by atoms with Crippen molar-refractivity contribution in [3.8, 4) is 5.75 Å². The molecule has 10 heteroatoms. The highest BCUT2D eigenvalue weighted by Gasteiger charge is 2.31. The number of fused-ring (bicyclic) bond motifs is 1. The van der Waals surface area contributed by atoms with Gasteiger partial charge in [-0.25, -0.2) is 9.78 Å². The molecule has 0 bridgehead atoms. The molecule has 1 fully saturated rings. The van der Waals surface area contributed by atoms with Crippen LogP contribution in [0.5, 0.6) is 5.75 Å². The van der Waals surface area contributed by atoms with Crippen LogP contribution in [0.25, 0.3) is 10.8 Å². The normalized spacial score (nSPS) is 14.7. The van der Waals surface area contributed by atoms with Gasteiger partial charge in [0.2, 0.25) is 0 Å². The fourth-order valence-electron chi connectivity index (χ4n) is 3.44. The SMILES string of the molecule is COc1ccc2c(=O)oc(C(=O)N3CCN(c4ccc(C(F)(F)F)cn4)CC3)cc2c1. The average Bonchev–Trinajstić information content (AvgIpc) is 2.77. The van der Waals surface area contributed by atoms with Crippen LogP contribution in [-0.2, 0) is 6.18 Å². The summed E-state index contributed by atoms with van der Waals surface area (Å²) in [6, 6.07) is 8.66. The molecule has 1 amide bonds. The van der Waals surface area contributed by atoms with Crippen LogP contribution in [-0.4, -0.2) is 49.1 Å². The number of piperazine rings is 1. The summed E-state index contributed by atoms with van der Waals surface area (Å²) in [5, 5.41) is 0.877. The molecule has 0 spiro atoms. The molecule has 1 aliphatic rings. The number of hydrogen-bond acceptors (Lipinski definition) is 6. The first kappa shape index (κ1) is 20.7. The summed E-state index contributed by atoms with van der Waals surface area (Å²) < 4.78 is 48.5. The molecule has 1 saturated heterocycles. The van der Waals surface area contributed by atoms with Crippen molar-refractivity contribution in [2.75, 3.05) is 38.2 Å². The Balaban J connectivity index is 1.47. The van der Waals surface area contributed by atoms with E-state index in [9.17, 15) is 22.8 Å². The van der Waals surface area contributed by atoms with Crippen LogP contribution in [0.15, 0.2) is 51.8 Å². The topological polar surface area (TPSA) is 75.9 Å². The van der Waals surface area contributed by atoms with Crippen LogP contribution in [0.4, 0.5) is 19.0 Å². The molecular weight excluding hydrogens is 415 g/mol. The predicted molar refractivity (Wildman–Crippen MR) is 106 cm³/mol. The van der Waals surface area contributed by atoms with E-state index < -0.39 is 23.3 Å². The van der Waals surface area contributed by atoms with Crippen LogP contribution < -0.4 is 15.3 Å². The molecule has 0 N–H and O–H groups in total. The number of alkyl halides is 3. The van der Waals surface area contributed by atoms with E-state index in [-0.39, 0.29) is 5.76 Å². The average molecular weight is 433 g/mol. The summed E-state index contributed by atoms with van der Waals surface area (Å²) in [5.41, 5.74) is -1.43. The monoisotopic (exact) mass is 433 g/mol. The third-order valence-electron chi connectivity index (χ3n) is 5.14. The largest absolute Gasteiger partial charge is 0.497 e. The van der Waals surface area contributed by atoms with Gasteiger partial charge in [-0.3, -0.25) is 4.79 Å². The summed E-state index contributed by atoms with van der Waals surface area (Å²) in [6.45, 7) is 1.38. The standard InChI is InChI=1S/C21H18F3N3O4/c1-30-15-3-4-16-13(10-15)11-17(31-20(16)29)19(28)27-8-6-26(7-9-27)18-5-2-14(12-25-18)21(22,23)24/h2-5,10-12H,6-9H2,1H3. The predicted octanol–water partition coefficient (Wildman–Crippen LogP) is 3.18. The molecule has 4 rings (SSSR count). The number of carbonyl (C=O) groups excluding carboxylic acids is 1. The van der Waals surface area contributed by atoms with E-state index in [1.165, 1.54) is 24.1 Å². The van der Waals surface area contributed by atoms with Gasteiger partial charge in [0.1, 0.15) is 11.6 Å². The summed E-state index contributed by atoms with van der Waals surface area (Å²) in [4.78, 5) is 32.3. The van der Waals surface area contributed by atoms with E-state index in [1.807, 2.05) is 0 Å². The molecule has 3 heterocycles. The third-order valence-corrected chi connectivity index (χ3v) is 5.14. The first-order valence-electron chi connectivity index (χ1n) is 9.45. The smallest absolute Gasteiger partial charge is 0.417 e. The van der Waals surface area contributed by atoms with Crippen LogP contribution in [0, 0.1) is 0 Å². The lowest BCUT2D eigenvalue weighted by Gasteiger charge is -2.35. The van der Waals surface area contributed by atoms with Crippen LogP contribution in [0.3, 0.4) is 0 Å². The number of halogens is 3. The molecule has 0 atom stereocenters. The Kier molecular flexibility index (Phi) is 5.30. The van der Waals surface area contributed by atoms with Crippen molar-refractivity contribution in [3.05, 3.63) is 64.3 Å². The Morgan fingerprint density at radius 3 is 2.45 bits per heavy atom. The van der Waals surface area contributed by atoms with E-state index in [1.54, 1.807) is 23.1 Å².